The Kier molecular flexibility index (Phi) is 4.43. The van der Waals surface area contributed by atoms with Gasteiger partial charge < -0.3 is 4.90 Å². The third-order valence-electron chi connectivity index (χ3n) is 3.68. The lowest BCUT2D eigenvalue weighted by Gasteiger charge is -2.19. The number of anilines is 1. The van der Waals surface area contributed by atoms with Crippen molar-refractivity contribution >= 4 is 33.1 Å². The molecule has 2 nitrogen and oxygen atoms in total. The molecule has 0 saturated carbocycles. The molecule has 0 radical (unpaired) electrons. The molecule has 0 N–H and O–H groups in total. The number of halogens is 4. The van der Waals surface area contributed by atoms with Gasteiger partial charge in [0.25, 0.3) is 0 Å². The van der Waals surface area contributed by atoms with E-state index in [0.29, 0.717) is 16.7 Å². The first-order valence-electron chi connectivity index (χ1n) is 7.22. The number of benzene rings is 2. The van der Waals surface area contributed by atoms with Gasteiger partial charge in [-0.05, 0) is 36.8 Å². The highest BCUT2D eigenvalue weighted by Crippen LogP contribution is 2.38. The maximum atomic E-state index is 13.2. The van der Waals surface area contributed by atoms with Crippen molar-refractivity contribution in [3.8, 4) is 0 Å². The Hall–Kier alpha value is -1.82. The van der Waals surface area contributed by atoms with Gasteiger partial charge in [-0.15, -0.1) is 0 Å². The van der Waals surface area contributed by atoms with E-state index < -0.39 is 11.7 Å². The molecule has 6 heteroatoms. The lowest BCUT2D eigenvalue weighted by atomic mass is 10.1. The molecule has 1 fully saturated rings. The highest BCUT2D eigenvalue weighted by atomic mass is 79.9. The van der Waals surface area contributed by atoms with Crippen LogP contribution in [0.2, 0.25) is 0 Å². The molecule has 0 atom stereocenters. The predicted molar refractivity (Wildman–Crippen MR) is 89.3 cm³/mol. The van der Waals surface area contributed by atoms with Crippen molar-refractivity contribution in [2.24, 2.45) is 4.99 Å². The van der Waals surface area contributed by atoms with Gasteiger partial charge in [0.1, 0.15) is 5.84 Å². The van der Waals surface area contributed by atoms with Crippen LogP contribution >= 0.6 is 15.9 Å². The number of amidine groups is 1. The smallest absolute Gasteiger partial charge is 0.330 e. The van der Waals surface area contributed by atoms with Crippen LogP contribution in [-0.4, -0.2) is 12.4 Å². The van der Waals surface area contributed by atoms with Crippen LogP contribution in [0.5, 0.6) is 0 Å². The second-order valence-electron chi connectivity index (χ2n) is 5.28. The number of hydrogen-bond donors (Lipinski definition) is 0. The minimum Gasteiger partial charge on any atom is -0.330 e. The molecule has 1 aliphatic rings. The van der Waals surface area contributed by atoms with Crippen LogP contribution < -0.4 is 4.90 Å². The fourth-order valence-electron chi connectivity index (χ4n) is 2.64. The number of para-hydroxylation sites is 1. The average molecular weight is 383 g/mol. The molecule has 1 aliphatic heterocycles. The Bertz CT molecular complexity index is 726. The Morgan fingerprint density at radius 3 is 2.48 bits per heavy atom. The molecule has 0 aromatic heterocycles. The van der Waals surface area contributed by atoms with Crippen molar-refractivity contribution in [3.63, 3.8) is 0 Å². The number of alkyl halides is 3. The van der Waals surface area contributed by atoms with E-state index in [2.05, 4.69) is 20.9 Å². The maximum Gasteiger partial charge on any atom is 0.418 e. The van der Waals surface area contributed by atoms with Crippen LogP contribution in [0.4, 0.5) is 24.5 Å². The van der Waals surface area contributed by atoms with Crippen LogP contribution in [0, 0.1) is 0 Å². The molecule has 2 aromatic carbocycles. The minimum atomic E-state index is -4.42. The van der Waals surface area contributed by atoms with Crippen LogP contribution in [0.1, 0.15) is 18.4 Å². The minimum absolute atomic E-state index is 0.0512. The fraction of sp³-hybridized carbons (Fsp3) is 0.235. The molecule has 0 spiro atoms. The zero-order valence-electron chi connectivity index (χ0n) is 12.1. The second-order valence-corrected chi connectivity index (χ2v) is 6.19. The topological polar surface area (TPSA) is 15.6 Å². The zero-order valence-corrected chi connectivity index (χ0v) is 13.7. The summed E-state index contributed by atoms with van der Waals surface area (Å²) in [6, 6.07) is 13.5. The van der Waals surface area contributed by atoms with E-state index in [1.165, 1.54) is 12.1 Å². The maximum absolute atomic E-state index is 13.2. The second kappa shape index (κ2) is 6.35. The van der Waals surface area contributed by atoms with Crippen molar-refractivity contribution < 1.29 is 13.2 Å². The summed E-state index contributed by atoms with van der Waals surface area (Å²) in [6.07, 6.45) is -2.88. The van der Waals surface area contributed by atoms with Gasteiger partial charge in [0.2, 0.25) is 0 Å². The van der Waals surface area contributed by atoms with Gasteiger partial charge in [-0.25, -0.2) is 4.99 Å². The van der Waals surface area contributed by atoms with Gasteiger partial charge in [-0.3, -0.25) is 0 Å². The van der Waals surface area contributed by atoms with Crippen LogP contribution in [0.15, 0.2) is 58.0 Å². The number of rotatable bonds is 2. The SMILES string of the molecule is FC(F)(F)c1ccc(Br)cc1N=C1CCCN1c1ccccc1. The van der Waals surface area contributed by atoms with Crippen molar-refractivity contribution in [1.82, 2.24) is 0 Å². The molecule has 0 amide bonds. The van der Waals surface area contributed by atoms with E-state index >= 15 is 0 Å². The van der Waals surface area contributed by atoms with E-state index in [9.17, 15) is 13.2 Å². The van der Waals surface area contributed by atoms with E-state index in [0.717, 1.165) is 24.7 Å². The third kappa shape index (κ3) is 3.58. The highest BCUT2D eigenvalue weighted by Gasteiger charge is 2.34. The van der Waals surface area contributed by atoms with E-state index in [-0.39, 0.29) is 5.69 Å². The van der Waals surface area contributed by atoms with Crippen molar-refractivity contribution in [2.45, 2.75) is 19.0 Å². The van der Waals surface area contributed by atoms with Gasteiger partial charge in [-0.2, -0.15) is 13.2 Å². The molecule has 3 rings (SSSR count). The van der Waals surface area contributed by atoms with Gasteiger partial charge >= 0.3 is 6.18 Å². The van der Waals surface area contributed by atoms with E-state index in [1.807, 2.05) is 35.2 Å². The monoisotopic (exact) mass is 382 g/mol. The summed E-state index contributed by atoms with van der Waals surface area (Å²) in [5.74, 6) is 0.666. The Balaban J connectivity index is 2.02. The number of nitrogens with zero attached hydrogens (tertiary/aromatic N) is 2. The first kappa shape index (κ1) is 16.1. The first-order valence-corrected chi connectivity index (χ1v) is 8.01. The van der Waals surface area contributed by atoms with Gasteiger partial charge in [0, 0.05) is 23.1 Å². The van der Waals surface area contributed by atoms with Gasteiger partial charge in [0.15, 0.2) is 0 Å². The normalized spacial score (nSPS) is 17.0. The van der Waals surface area contributed by atoms with Gasteiger partial charge in [-0.1, -0.05) is 34.1 Å². The van der Waals surface area contributed by atoms with Crippen LogP contribution in [0.3, 0.4) is 0 Å². The molecule has 0 unspecified atom stereocenters. The number of hydrogen-bond acceptors (Lipinski definition) is 1. The Labute approximate surface area is 140 Å². The van der Waals surface area contributed by atoms with E-state index in [1.54, 1.807) is 0 Å². The molecule has 23 heavy (non-hydrogen) atoms. The largest absolute Gasteiger partial charge is 0.418 e. The molecule has 0 aliphatic carbocycles. The van der Waals surface area contributed by atoms with Crippen LogP contribution in [-0.2, 0) is 6.18 Å². The van der Waals surface area contributed by atoms with Gasteiger partial charge in [0.05, 0.1) is 11.3 Å². The predicted octanol–water partition coefficient (Wildman–Crippen LogP) is 5.80. The molecule has 0 bridgehead atoms. The Morgan fingerprint density at radius 1 is 1.04 bits per heavy atom. The first-order chi connectivity index (χ1) is 10.9. The summed E-state index contributed by atoms with van der Waals surface area (Å²) in [5, 5.41) is 0. The fourth-order valence-corrected chi connectivity index (χ4v) is 2.99. The molecular formula is C17H14BrF3N2. The summed E-state index contributed by atoms with van der Waals surface area (Å²) < 4.78 is 40.1. The highest BCUT2D eigenvalue weighted by molar-refractivity contribution is 9.10. The summed E-state index contributed by atoms with van der Waals surface area (Å²) in [4.78, 5) is 6.31. The van der Waals surface area contributed by atoms with Crippen LogP contribution in [0.25, 0.3) is 0 Å². The third-order valence-corrected chi connectivity index (χ3v) is 4.17. The standard InChI is InChI=1S/C17H14BrF3N2/c18-12-8-9-14(17(19,20)21)15(11-12)22-16-7-4-10-23(16)13-5-2-1-3-6-13/h1-3,5-6,8-9,11H,4,7,10H2. The molecule has 2 aromatic rings. The average Bonchev–Trinajstić information content (AvgIpc) is 2.95. The lowest BCUT2D eigenvalue weighted by Crippen LogP contribution is -2.24. The summed E-state index contributed by atoms with van der Waals surface area (Å²) in [6.45, 7) is 0.762. The quantitative estimate of drug-likeness (QED) is 0.640. The molecule has 120 valence electrons. The van der Waals surface area contributed by atoms with Crippen molar-refractivity contribution in [1.29, 1.82) is 0 Å². The van der Waals surface area contributed by atoms with E-state index in [4.69, 9.17) is 0 Å². The number of aliphatic imine (C=N–C) groups is 1. The zero-order chi connectivity index (χ0) is 16.4. The summed E-state index contributed by atoms with van der Waals surface area (Å²) in [7, 11) is 0. The Morgan fingerprint density at radius 2 is 1.78 bits per heavy atom. The molecule has 1 saturated heterocycles. The summed E-state index contributed by atoms with van der Waals surface area (Å²) in [5.41, 5.74) is 0.185. The molecule has 1 heterocycles. The van der Waals surface area contributed by atoms with Crippen molar-refractivity contribution in [3.05, 3.63) is 58.6 Å². The summed E-state index contributed by atoms with van der Waals surface area (Å²) >= 11 is 3.22. The lowest BCUT2D eigenvalue weighted by molar-refractivity contribution is -0.137. The molecular weight excluding hydrogens is 369 g/mol. The van der Waals surface area contributed by atoms with Crippen molar-refractivity contribution in [2.75, 3.05) is 11.4 Å².